The summed E-state index contributed by atoms with van der Waals surface area (Å²) in [5.41, 5.74) is 2.97. The van der Waals surface area contributed by atoms with E-state index in [-0.39, 0.29) is 0 Å². The van der Waals surface area contributed by atoms with Gasteiger partial charge in [-0.3, -0.25) is 0 Å². The van der Waals surface area contributed by atoms with Gasteiger partial charge in [0.15, 0.2) is 0 Å². The van der Waals surface area contributed by atoms with Crippen LogP contribution in [-0.2, 0) is 0 Å². The molecule has 2 nitrogen and oxygen atoms in total. The van der Waals surface area contributed by atoms with Crippen LogP contribution >= 0.6 is 0 Å². The molecule has 0 aliphatic carbocycles. The fourth-order valence-electron chi connectivity index (χ4n) is 1.53. The molecule has 1 N–H and O–H groups in total. The smallest absolute Gasteiger partial charge is 0.0992 e. The quantitative estimate of drug-likeness (QED) is 0.726. The molecule has 2 rings (SSSR count). The van der Waals surface area contributed by atoms with E-state index >= 15 is 0 Å². The highest BCUT2D eigenvalue weighted by Gasteiger charge is 2.04. The van der Waals surface area contributed by atoms with E-state index in [2.05, 4.69) is 31.0 Å². The van der Waals surface area contributed by atoms with Crippen molar-refractivity contribution in [2.45, 2.75) is 19.8 Å². The van der Waals surface area contributed by atoms with Crippen molar-refractivity contribution in [1.82, 2.24) is 4.98 Å². The summed E-state index contributed by atoms with van der Waals surface area (Å²) in [7, 11) is 0. The van der Waals surface area contributed by atoms with E-state index in [1.807, 2.05) is 18.2 Å². The zero-order chi connectivity index (χ0) is 10.1. The Labute approximate surface area is 83.2 Å². The Morgan fingerprint density at radius 3 is 2.71 bits per heavy atom. The molecule has 0 bridgehead atoms. The number of fused-ring (bicyclic) bond motifs is 1. The second-order valence-electron chi connectivity index (χ2n) is 3.79. The summed E-state index contributed by atoms with van der Waals surface area (Å²) in [4.78, 5) is 3.32. The molecule has 0 aliphatic rings. The Hall–Kier alpha value is -1.75. The van der Waals surface area contributed by atoms with Crippen molar-refractivity contribution in [1.29, 1.82) is 5.26 Å². The predicted molar refractivity (Wildman–Crippen MR) is 57.1 cm³/mol. The Balaban J connectivity index is 2.61. The largest absolute Gasteiger partial charge is 0.358 e. The molecular weight excluding hydrogens is 172 g/mol. The van der Waals surface area contributed by atoms with Gasteiger partial charge in [0.05, 0.1) is 11.6 Å². The Bertz CT molecular complexity index is 501. The molecule has 0 aliphatic heterocycles. The topological polar surface area (TPSA) is 39.6 Å². The Morgan fingerprint density at radius 1 is 1.29 bits per heavy atom. The van der Waals surface area contributed by atoms with Crippen molar-refractivity contribution in [2.75, 3.05) is 0 Å². The summed E-state index contributed by atoms with van der Waals surface area (Å²) in [6.45, 7) is 4.30. The van der Waals surface area contributed by atoms with Crippen LogP contribution in [0.3, 0.4) is 0 Å². The van der Waals surface area contributed by atoms with Crippen LogP contribution in [0.25, 0.3) is 10.9 Å². The second kappa shape index (κ2) is 3.19. The third kappa shape index (κ3) is 1.38. The molecule has 0 amide bonds. The van der Waals surface area contributed by atoms with Crippen LogP contribution in [0.5, 0.6) is 0 Å². The highest BCUT2D eigenvalue weighted by molar-refractivity contribution is 5.81. The predicted octanol–water partition coefficient (Wildman–Crippen LogP) is 3.16. The second-order valence-corrected chi connectivity index (χ2v) is 3.79. The average Bonchev–Trinajstić information content (AvgIpc) is 2.59. The zero-order valence-corrected chi connectivity index (χ0v) is 8.33. The van der Waals surface area contributed by atoms with Crippen molar-refractivity contribution >= 4 is 10.9 Å². The number of benzene rings is 1. The van der Waals surface area contributed by atoms with E-state index in [1.54, 1.807) is 0 Å². The van der Waals surface area contributed by atoms with Gasteiger partial charge < -0.3 is 4.98 Å². The number of hydrogen-bond donors (Lipinski definition) is 1. The standard InChI is InChI=1S/C12H12N2/c1-8(2)11-6-10-4-3-9(7-13)5-12(10)14-11/h3-6,8,14H,1-2H3. The minimum atomic E-state index is 0.493. The van der Waals surface area contributed by atoms with E-state index < -0.39 is 0 Å². The van der Waals surface area contributed by atoms with Gasteiger partial charge in [0.2, 0.25) is 0 Å². The molecule has 1 heterocycles. The lowest BCUT2D eigenvalue weighted by Gasteiger charge is -1.97. The summed E-state index contributed by atoms with van der Waals surface area (Å²) in [5.74, 6) is 0.493. The van der Waals surface area contributed by atoms with Gasteiger partial charge in [-0.2, -0.15) is 5.26 Å². The van der Waals surface area contributed by atoms with Crippen molar-refractivity contribution in [3.05, 3.63) is 35.5 Å². The van der Waals surface area contributed by atoms with E-state index in [0.717, 1.165) is 5.52 Å². The number of H-pyrrole nitrogens is 1. The fraction of sp³-hybridized carbons (Fsp3) is 0.250. The fourth-order valence-corrected chi connectivity index (χ4v) is 1.53. The zero-order valence-electron chi connectivity index (χ0n) is 8.33. The molecule has 1 aromatic heterocycles. The first-order chi connectivity index (χ1) is 6.70. The number of aromatic nitrogens is 1. The minimum Gasteiger partial charge on any atom is -0.358 e. The lowest BCUT2D eigenvalue weighted by Crippen LogP contribution is -1.84. The molecule has 2 aromatic rings. The van der Waals surface area contributed by atoms with Crippen LogP contribution in [0, 0.1) is 11.3 Å². The average molecular weight is 184 g/mol. The molecule has 70 valence electrons. The third-order valence-electron chi connectivity index (χ3n) is 2.39. The molecule has 0 atom stereocenters. The van der Waals surface area contributed by atoms with Crippen LogP contribution in [0.1, 0.15) is 31.0 Å². The van der Waals surface area contributed by atoms with E-state index in [1.165, 1.54) is 11.1 Å². The summed E-state index contributed by atoms with van der Waals surface area (Å²) in [6, 6.07) is 10.00. The first-order valence-electron chi connectivity index (χ1n) is 4.73. The molecule has 0 radical (unpaired) electrons. The number of nitrogens with one attached hydrogen (secondary N) is 1. The maximum atomic E-state index is 8.75. The molecule has 0 saturated heterocycles. The molecule has 0 unspecified atom stereocenters. The molecular formula is C12H12N2. The normalized spacial score (nSPS) is 10.7. The summed E-state index contributed by atoms with van der Waals surface area (Å²) in [5, 5.41) is 9.92. The molecule has 1 aromatic carbocycles. The molecule has 0 spiro atoms. The summed E-state index contributed by atoms with van der Waals surface area (Å²) in [6.07, 6.45) is 0. The highest BCUT2D eigenvalue weighted by atomic mass is 14.7. The van der Waals surface area contributed by atoms with Crippen LogP contribution in [0.4, 0.5) is 0 Å². The van der Waals surface area contributed by atoms with Gasteiger partial charge >= 0.3 is 0 Å². The number of nitrogens with zero attached hydrogens (tertiary/aromatic N) is 1. The summed E-state index contributed by atoms with van der Waals surface area (Å²) < 4.78 is 0. The molecule has 0 fully saturated rings. The van der Waals surface area contributed by atoms with E-state index in [9.17, 15) is 0 Å². The number of hydrogen-bond acceptors (Lipinski definition) is 1. The third-order valence-corrected chi connectivity index (χ3v) is 2.39. The van der Waals surface area contributed by atoms with Gasteiger partial charge in [0, 0.05) is 11.2 Å². The summed E-state index contributed by atoms with van der Waals surface area (Å²) >= 11 is 0. The molecule has 0 saturated carbocycles. The van der Waals surface area contributed by atoms with E-state index in [0.29, 0.717) is 11.5 Å². The number of aromatic amines is 1. The lowest BCUT2D eigenvalue weighted by atomic mass is 10.1. The van der Waals surface area contributed by atoms with Crippen LogP contribution < -0.4 is 0 Å². The highest BCUT2D eigenvalue weighted by Crippen LogP contribution is 2.21. The minimum absolute atomic E-state index is 0.493. The maximum Gasteiger partial charge on any atom is 0.0992 e. The van der Waals surface area contributed by atoms with Gasteiger partial charge in [0.1, 0.15) is 0 Å². The number of rotatable bonds is 1. The van der Waals surface area contributed by atoms with Crippen LogP contribution in [0.15, 0.2) is 24.3 Å². The van der Waals surface area contributed by atoms with Crippen molar-refractivity contribution in [2.24, 2.45) is 0 Å². The monoisotopic (exact) mass is 184 g/mol. The first kappa shape index (κ1) is 8.83. The molecule has 2 heteroatoms. The van der Waals surface area contributed by atoms with Crippen molar-refractivity contribution < 1.29 is 0 Å². The van der Waals surface area contributed by atoms with Crippen LogP contribution in [0.2, 0.25) is 0 Å². The van der Waals surface area contributed by atoms with E-state index in [4.69, 9.17) is 5.26 Å². The van der Waals surface area contributed by atoms with Gasteiger partial charge in [-0.25, -0.2) is 0 Å². The van der Waals surface area contributed by atoms with Gasteiger partial charge in [-0.1, -0.05) is 19.9 Å². The maximum absolute atomic E-state index is 8.75. The molecule has 14 heavy (non-hydrogen) atoms. The van der Waals surface area contributed by atoms with Crippen molar-refractivity contribution in [3.8, 4) is 6.07 Å². The lowest BCUT2D eigenvalue weighted by molar-refractivity contribution is 0.836. The SMILES string of the molecule is CC(C)c1cc2ccc(C#N)cc2[nH]1. The van der Waals surface area contributed by atoms with Gasteiger partial charge in [0.25, 0.3) is 0 Å². The Kier molecular flexibility index (Phi) is 2.01. The van der Waals surface area contributed by atoms with Gasteiger partial charge in [-0.15, -0.1) is 0 Å². The Morgan fingerprint density at radius 2 is 2.07 bits per heavy atom. The van der Waals surface area contributed by atoms with Crippen LogP contribution in [-0.4, -0.2) is 4.98 Å². The number of nitriles is 1. The van der Waals surface area contributed by atoms with Crippen molar-refractivity contribution in [3.63, 3.8) is 0 Å². The first-order valence-corrected chi connectivity index (χ1v) is 4.73. The van der Waals surface area contributed by atoms with Gasteiger partial charge in [-0.05, 0) is 29.5 Å².